The molecule has 1 unspecified atom stereocenters. The van der Waals surface area contributed by atoms with Gasteiger partial charge in [0.15, 0.2) is 5.78 Å². The number of hydrogen-bond acceptors (Lipinski definition) is 5. The molecule has 3 amide bonds. The van der Waals surface area contributed by atoms with Gasteiger partial charge < -0.3 is 5.11 Å². The number of benzene rings is 1. The summed E-state index contributed by atoms with van der Waals surface area (Å²) in [6.45, 7) is 2.09. The van der Waals surface area contributed by atoms with Crippen LogP contribution in [0.3, 0.4) is 0 Å². The molecule has 1 aliphatic heterocycles. The summed E-state index contributed by atoms with van der Waals surface area (Å²) in [5.41, 5.74) is 1.18. The third-order valence-corrected chi connectivity index (χ3v) is 6.44. The number of Topliss-reactive ketones (excluding diaryl/α,β-unsaturated/α-hetero) is 1. The maximum absolute atomic E-state index is 12.4. The number of aryl methyl sites for hydroxylation is 1. The predicted octanol–water partition coefficient (Wildman–Crippen LogP) is 4.66. The van der Waals surface area contributed by atoms with Crippen LogP contribution in [0.1, 0.15) is 70.4 Å². The van der Waals surface area contributed by atoms with Crippen LogP contribution >= 0.6 is 11.3 Å². The van der Waals surface area contributed by atoms with E-state index >= 15 is 0 Å². The molecule has 0 bridgehead atoms. The lowest BCUT2D eigenvalue weighted by atomic mass is 10.0. The highest BCUT2D eigenvalue weighted by Crippen LogP contribution is 2.26. The lowest BCUT2D eigenvalue weighted by Crippen LogP contribution is -2.35. The van der Waals surface area contributed by atoms with E-state index in [1.165, 1.54) is 16.2 Å². The Balaban J connectivity index is 1.63. The Bertz CT molecular complexity index is 967. The van der Waals surface area contributed by atoms with E-state index in [4.69, 9.17) is 5.11 Å². The molecule has 7 nitrogen and oxygen atoms in total. The molecule has 31 heavy (non-hydrogen) atoms. The summed E-state index contributed by atoms with van der Waals surface area (Å²) in [7, 11) is 0. The van der Waals surface area contributed by atoms with Crippen molar-refractivity contribution in [3.8, 4) is 0 Å². The minimum absolute atomic E-state index is 0.0789. The van der Waals surface area contributed by atoms with Crippen molar-refractivity contribution in [2.45, 2.75) is 57.9 Å². The Morgan fingerprint density at radius 1 is 1.06 bits per heavy atom. The molecule has 1 aromatic carbocycles. The smallest absolute Gasteiger partial charge is 0.345 e. The van der Waals surface area contributed by atoms with Crippen molar-refractivity contribution < 1.29 is 24.3 Å². The SMILES string of the molecule is CCCCCC(=O)c1ccc(N2C(=O)NC(=O)C2CCCc2ccc(C(=O)O)s2)cc1. The molecule has 1 atom stereocenters. The number of hydrogen-bond donors (Lipinski definition) is 2. The number of carbonyl (C=O) groups is 4. The highest BCUT2D eigenvalue weighted by atomic mass is 32.1. The summed E-state index contributed by atoms with van der Waals surface area (Å²) in [6.07, 6.45) is 5.16. The van der Waals surface area contributed by atoms with Crippen molar-refractivity contribution in [2.75, 3.05) is 4.90 Å². The molecule has 3 rings (SSSR count). The Morgan fingerprint density at radius 2 is 1.81 bits per heavy atom. The fourth-order valence-electron chi connectivity index (χ4n) is 3.65. The monoisotopic (exact) mass is 442 g/mol. The number of carbonyl (C=O) groups excluding carboxylic acids is 3. The maximum atomic E-state index is 12.4. The predicted molar refractivity (Wildman–Crippen MR) is 119 cm³/mol. The van der Waals surface area contributed by atoms with Crippen molar-refractivity contribution in [2.24, 2.45) is 0 Å². The van der Waals surface area contributed by atoms with Crippen LogP contribution in [0.2, 0.25) is 0 Å². The van der Waals surface area contributed by atoms with Gasteiger partial charge in [0.2, 0.25) is 0 Å². The normalized spacial score (nSPS) is 15.9. The Morgan fingerprint density at radius 3 is 2.45 bits per heavy atom. The van der Waals surface area contributed by atoms with Gasteiger partial charge in [-0.1, -0.05) is 19.8 Å². The summed E-state index contributed by atoms with van der Waals surface area (Å²) in [5.74, 6) is -1.22. The highest BCUT2D eigenvalue weighted by Gasteiger charge is 2.38. The second-order valence-electron chi connectivity index (χ2n) is 7.57. The zero-order valence-electron chi connectivity index (χ0n) is 17.4. The van der Waals surface area contributed by atoms with Crippen molar-refractivity contribution in [3.63, 3.8) is 0 Å². The fourth-order valence-corrected chi connectivity index (χ4v) is 4.54. The molecule has 1 aliphatic rings. The van der Waals surface area contributed by atoms with Crippen LogP contribution in [0.5, 0.6) is 0 Å². The molecule has 0 saturated carbocycles. The van der Waals surface area contributed by atoms with Crippen LogP contribution in [-0.4, -0.2) is 34.8 Å². The zero-order chi connectivity index (χ0) is 22.4. The molecular formula is C23H26N2O5S. The van der Waals surface area contributed by atoms with E-state index in [0.29, 0.717) is 36.9 Å². The number of anilines is 1. The highest BCUT2D eigenvalue weighted by molar-refractivity contribution is 7.13. The number of unbranched alkanes of at least 4 members (excludes halogenated alkanes) is 2. The molecule has 0 radical (unpaired) electrons. The first-order chi connectivity index (χ1) is 14.9. The average molecular weight is 443 g/mol. The lowest BCUT2D eigenvalue weighted by Gasteiger charge is -2.22. The number of thiophene rings is 1. The standard InChI is InChI=1S/C23H26N2O5S/c1-2-3-4-8-19(26)15-9-11-16(12-10-15)25-18(21(27)24-23(25)30)7-5-6-17-13-14-20(31-17)22(28)29/h9-14,18H,2-8H2,1H3,(H,28,29)(H,24,27,30). The average Bonchev–Trinajstić information content (AvgIpc) is 3.33. The van der Waals surface area contributed by atoms with Crippen molar-refractivity contribution in [1.29, 1.82) is 0 Å². The van der Waals surface area contributed by atoms with Gasteiger partial charge in [0.05, 0.1) is 0 Å². The molecule has 2 N–H and O–H groups in total. The Hall–Kier alpha value is -3.00. The molecule has 0 spiro atoms. The van der Waals surface area contributed by atoms with Crippen LogP contribution in [0.15, 0.2) is 36.4 Å². The van der Waals surface area contributed by atoms with Gasteiger partial charge in [0, 0.05) is 22.5 Å². The number of amides is 3. The van der Waals surface area contributed by atoms with E-state index in [0.717, 1.165) is 24.1 Å². The van der Waals surface area contributed by atoms with E-state index in [1.807, 2.05) is 0 Å². The molecule has 1 saturated heterocycles. The van der Waals surface area contributed by atoms with Gasteiger partial charge in [-0.3, -0.25) is 19.8 Å². The van der Waals surface area contributed by atoms with Gasteiger partial charge in [-0.2, -0.15) is 0 Å². The number of carboxylic acids is 1. The summed E-state index contributed by atoms with van der Waals surface area (Å²) in [4.78, 5) is 50.6. The first kappa shape index (κ1) is 22.7. The molecule has 2 aromatic rings. The van der Waals surface area contributed by atoms with Crippen LogP contribution in [0.4, 0.5) is 10.5 Å². The van der Waals surface area contributed by atoms with E-state index in [1.54, 1.807) is 36.4 Å². The van der Waals surface area contributed by atoms with Crippen molar-refractivity contribution in [3.05, 3.63) is 51.7 Å². The van der Waals surface area contributed by atoms with Gasteiger partial charge in [-0.15, -0.1) is 11.3 Å². The number of nitrogens with one attached hydrogen (secondary N) is 1. The van der Waals surface area contributed by atoms with Crippen molar-refractivity contribution >= 4 is 40.7 Å². The second kappa shape index (κ2) is 10.3. The van der Waals surface area contributed by atoms with E-state index in [9.17, 15) is 19.2 Å². The Labute approximate surface area is 185 Å². The van der Waals surface area contributed by atoms with Crippen molar-refractivity contribution in [1.82, 2.24) is 5.32 Å². The zero-order valence-corrected chi connectivity index (χ0v) is 18.2. The molecule has 0 aliphatic carbocycles. The van der Waals surface area contributed by atoms with Gasteiger partial charge in [0.1, 0.15) is 10.9 Å². The first-order valence-electron chi connectivity index (χ1n) is 10.5. The van der Waals surface area contributed by atoms with E-state index in [2.05, 4.69) is 12.2 Å². The molecule has 164 valence electrons. The summed E-state index contributed by atoms with van der Waals surface area (Å²) < 4.78 is 0. The quantitative estimate of drug-likeness (QED) is 0.299. The Kier molecular flexibility index (Phi) is 7.57. The third-order valence-electron chi connectivity index (χ3n) is 5.31. The number of carboxylic acid groups (broad SMARTS) is 1. The molecule has 2 heterocycles. The number of ketones is 1. The second-order valence-corrected chi connectivity index (χ2v) is 8.74. The topological polar surface area (TPSA) is 104 Å². The minimum atomic E-state index is -0.949. The number of aromatic carboxylic acids is 1. The van der Waals surface area contributed by atoms with Crippen LogP contribution in [0, 0.1) is 0 Å². The summed E-state index contributed by atoms with van der Waals surface area (Å²) in [6, 6.07) is 9.07. The molecule has 1 fully saturated rings. The van der Waals surface area contributed by atoms with Crippen LogP contribution in [0.25, 0.3) is 0 Å². The molecular weight excluding hydrogens is 416 g/mol. The van der Waals surface area contributed by atoms with E-state index < -0.39 is 18.0 Å². The minimum Gasteiger partial charge on any atom is -0.477 e. The number of rotatable bonds is 11. The largest absolute Gasteiger partial charge is 0.477 e. The molecule has 1 aromatic heterocycles. The first-order valence-corrected chi connectivity index (χ1v) is 11.3. The van der Waals surface area contributed by atoms with Gasteiger partial charge in [-0.05, 0) is 62.1 Å². The fraction of sp³-hybridized carbons (Fsp3) is 0.391. The third kappa shape index (κ3) is 5.58. The van der Waals surface area contributed by atoms with Gasteiger partial charge in [0.25, 0.3) is 5.91 Å². The summed E-state index contributed by atoms with van der Waals surface area (Å²) in [5, 5.41) is 11.4. The van der Waals surface area contributed by atoms with Crippen LogP contribution in [-0.2, 0) is 11.2 Å². The number of imide groups is 1. The van der Waals surface area contributed by atoms with Gasteiger partial charge in [-0.25, -0.2) is 9.59 Å². The number of nitrogens with zero attached hydrogens (tertiary/aromatic N) is 1. The van der Waals surface area contributed by atoms with Gasteiger partial charge >= 0.3 is 12.0 Å². The number of urea groups is 1. The van der Waals surface area contributed by atoms with E-state index in [-0.39, 0.29) is 16.6 Å². The summed E-state index contributed by atoms with van der Waals surface area (Å²) >= 11 is 1.22. The molecule has 8 heteroatoms. The maximum Gasteiger partial charge on any atom is 0.345 e. The van der Waals surface area contributed by atoms with Crippen LogP contribution < -0.4 is 10.2 Å². The lowest BCUT2D eigenvalue weighted by molar-refractivity contribution is -0.120.